The average Bonchev–Trinajstić information content (AvgIpc) is 3.55. The van der Waals surface area contributed by atoms with Gasteiger partial charge in [-0.15, -0.1) is 0 Å². The summed E-state index contributed by atoms with van der Waals surface area (Å²) in [4.78, 5) is 28.9. The molecule has 2 bridgehead atoms. The molecule has 0 aromatic heterocycles. The Balaban J connectivity index is 1.44. The molecular weight excluding hydrogens is 496 g/mol. The normalized spacial score (nSPS) is 20.1. The van der Waals surface area contributed by atoms with Crippen molar-refractivity contribution in [1.29, 1.82) is 0 Å². The van der Waals surface area contributed by atoms with Gasteiger partial charge >= 0.3 is 5.97 Å². The van der Waals surface area contributed by atoms with Crippen molar-refractivity contribution in [2.75, 3.05) is 23.9 Å². The number of fused-ring (bicyclic) bond motifs is 2. The molecule has 2 saturated carbocycles. The van der Waals surface area contributed by atoms with Crippen LogP contribution in [-0.4, -0.2) is 31.1 Å². The number of nitrogens with zero attached hydrogens (tertiary/aromatic N) is 2. The molecule has 3 aromatic carbocycles. The molecule has 196 valence electrons. The highest BCUT2D eigenvalue weighted by Crippen LogP contribution is 2.49. The van der Waals surface area contributed by atoms with Crippen molar-refractivity contribution in [1.82, 2.24) is 0 Å². The van der Waals surface area contributed by atoms with Crippen LogP contribution in [0.5, 0.6) is 0 Å². The number of hydrogen-bond donors (Lipinski definition) is 1. The van der Waals surface area contributed by atoms with Crippen LogP contribution in [0.1, 0.15) is 36.8 Å². The minimum Gasteiger partial charge on any atom is -0.478 e. The van der Waals surface area contributed by atoms with Crippen molar-refractivity contribution in [2.24, 2.45) is 17.8 Å². The second-order valence-corrected chi connectivity index (χ2v) is 11.1. The number of anilines is 2. The van der Waals surface area contributed by atoms with Crippen molar-refractivity contribution < 1.29 is 14.7 Å². The number of amides is 1. The number of carbonyl (C=O) groups excluding carboxylic acids is 1. The van der Waals surface area contributed by atoms with Crippen LogP contribution in [0.15, 0.2) is 72.8 Å². The third kappa shape index (κ3) is 5.63. The molecule has 1 amide bonds. The highest BCUT2D eigenvalue weighted by atomic mass is 35.5. The Bertz CT molecular complexity index is 1370. The number of carboxylic acids is 1. The van der Waals surface area contributed by atoms with Crippen molar-refractivity contribution in [3.8, 4) is 11.1 Å². The third-order valence-corrected chi connectivity index (χ3v) is 8.37. The molecule has 5 rings (SSSR count). The van der Waals surface area contributed by atoms with E-state index in [1.54, 1.807) is 6.08 Å². The fourth-order valence-electron chi connectivity index (χ4n) is 5.99. The van der Waals surface area contributed by atoms with Gasteiger partial charge in [0.25, 0.3) is 0 Å². The van der Waals surface area contributed by atoms with Crippen LogP contribution >= 0.6 is 11.6 Å². The Morgan fingerprint density at radius 3 is 2.34 bits per heavy atom. The second kappa shape index (κ2) is 11.0. The minimum absolute atomic E-state index is 0.0280. The van der Waals surface area contributed by atoms with E-state index in [0.717, 1.165) is 59.0 Å². The summed E-state index contributed by atoms with van der Waals surface area (Å²) < 4.78 is 0. The summed E-state index contributed by atoms with van der Waals surface area (Å²) in [6, 6.07) is 21.9. The zero-order valence-corrected chi connectivity index (χ0v) is 22.6. The summed E-state index contributed by atoms with van der Waals surface area (Å²) in [7, 11) is 4.03. The summed E-state index contributed by atoms with van der Waals surface area (Å²) in [6.07, 6.45) is 7.12. The van der Waals surface area contributed by atoms with Crippen molar-refractivity contribution >= 4 is 40.9 Å². The second-order valence-electron chi connectivity index (χ2n) is 10.7. The quantitative estimate of drug-likeness (QED) is 0.316. The first-order valence-electron chi connectivity index (χ1n) is 13.2. The lowest BCUT2D eigenvalue weighted by Crippen LogP contribution is -2.38. The molecule has 0 heterocycles. The van der Waals surface area contributed by atoms with Crippen LogP contribution in [0.4, 0.5) is 11.4 Å². The molecule has 2 fully saturated rings. The van der Waals surface area contributed by atoms with Gasteiger partial charge in [0.2, 0.25) is 5.91 Å². The number of carboxylic acid groups (broad SMARTS) is 1. The van der Waals surface area contributed by atoms with Gasteiger partial charge in [-0.05, 0) is 89.8 Å². The summed E-state index contributed by atoms with van der Waals surface area (Å²) in [6.45, 7) is 0.359. The summed E-state index contributed by atoms with van der Waals surface area (Å²) in [5.41, 5.74) is 5.60. The first-order valence-corrected chi connectivity index (χ1v) is 13.5. The predicted molar refractivity (Wildman–Crippen MR) is 154 cm³/mol. The molecule has 3 atom stereocenters. The Kier molecular flexibility index (Phi) is 7.57. The SMILES string of the molecule is CN(C)c1ccc(-c2ccc(CN(C(=O)[C@@H]3C[C@@H]4CC[C@H]3C4)c3cccc(/C=C/C(=O)O)c3)c(Cl)c2)cc1. The monoisotopic (exact) mass is 528 g/mol. The van der Waals surface area contributed by atoms with Crippen LogP contribution in [0.25, 0.3) is 17.2 Å². The lowest BCUT2D eigenvalue weighted by atomic mass is 9.87. The number of rotatable bonds is 8. The van der Waals surface area contributed by atoms with Gasteiger partial charge in [-0.25, -0.2) is 4.79 Å². The van der Waals surface area contributed by atoms with Crippen molar-refractivity contribution in [2.45, 2.75) is 32.2 Å². The first kappa shape index (κ1) is 26.1. The lowest BCUT2D eigenvalue weighted by Gasteiger charge is -2.30. The summed E-state index contributed by atoms with van der Waals surface area (Å²) >= 11 is 6.81. The van der Waals surface area contributed by atoms with E-state index < -0.39 is 5.97 Å². The molecule has 0 unspecified atom stereocenters. The Labute approximate surface area is 229 Å². The first-order chi connectivity index (χ1) is 18.3. The number of benzene rings is 3. The highest BCUT2D eigenvalue weighted by Gasteiger charge is 2.44. The van der Waals surface area contributed by atoms with Crippen LogP contribution < -0.4 is 9.80 Å². The molecule has 1 N–H and O–H groups in total. The van der Waals surface area contributed by atoms with Crippen LogP contribution in [0.2, 0.25) is 5.02 Å². The topological polar surface area (TPSA) is 60.9 Å². The van der Waals surface area contributed by atoms with Gasteiger partial charge in [0.15, 0.2) is 0 Å². The zero-order valence-electron chi connectivity index (χ0n) is 21.8. The van der Waals surface area contributed by atoms with Crippen LogP contribution in [0.3, 0.4) is 0 Å². The highest BCUT2D eigenvalue weighted by molar-refractivity contribution is 6.31. The lowest BCUT2D eigenvalue weighted by molar-refractivity contribution is -0.131. The van der Waals surface area contributed by atoms with Crippen molar-refractivity contribution in [3.05, 3.63) is 89.0 Å². The largest absolute Gasteiger partial charge is 0.478 e. The van der Waals surface area contributed by atoms with E-state index in [9.17, 15) is 9.59 Å². The van der Waals surface area contributed by atoms with E-state index in [4.69, 9.17) is 16.7 Å². The van der Waals surface area contributed by atoms with Gasteiger partial charge in [0.1, 0.15) is 0 Å². The van der Waals surface area contributed by atoms with Gasteiger partial charge in [0.05, 0.1) is 6.54 Å². The number of halogens is 1. The maximum atomic E-state index is 14.0. The molecule has 3 aromatic rings. The van der Waals surface area contributed by atoms with E-state index in [1.807, 2.05) is 55.4 Å². The fraction of sp³-hybridized carbons (Fsp3) is 0.312. The van der Waals surface area contributed by atoms with Crippen LogP contribution in [-0.2, 0) is 16.1 Å². The zero-order chi connectivity index (χ0) is 26.8. The molecule has 5 nitrogen and oxygen atoms in total. The molecule has 6 heteroatoms. The Hall–Kier alpha value is -3.57. The molecule has 38 heavy (non-hydrogen) atoms. The maximum Gasteiger partial charge on any atom is 0.328 e. The number of hydrogen-bond acceptors (Lipinski definition) is 3. The third-order valence-electron chi connectivity index (χ3n) is 8.02. The van der Waals surface area contributed by atoms with E-state index >= 15 is 0 Å². The van der Waals surface area contributed by atoms with Crippen molar-refractivity contribution in [3.63, 3.8) is 0 Å². The Morgan fingerprint density at radius 2 is 1.71 bits per heavy atom. The number of aliphatic carboxylic acids is 1. The summed E-state index contributed by atoms with van der Waals surface area (Å²) in [5, 5.41) is 9.66. The molecule has 0 aliphatic heterocycles. The minimum atomic E-state index is -1.01. The molecule has 0 radical (unpaired) electrons. The smallest absolute Gasteiger partial charge is 0.328 e. The molecule has 2 aliphatic rings. The van der Waals surface area contributed by atoms with E-state index in [0.29, 0.717) is 23.4 Å². The van der Waals surface area contributed by atoms with Gasteiger partial charge in [-0.3, -0.25) is 4.79 Å². The van der Waals surface area contributed by atoms with Gasteiger partial charge in [0, 0.05) is 42.5 Å². The maximum absolute atomic E-state index is 14.0. The summed E-state index contributed by atoms with van der Waals surface area (Å²) in [5.74, 6) is 0.264. The van der Waals surface area contributed by atoms with Gasteiger partial charge in [-0.1, -0.05) is 54.4 Å². The van der Waals surface area contributed by atoms with E-state index in [1.165, 1.54) is 6.42 Å². The van der Waals surface area contributed by atoms with Gasteiger partial charge in [-0.2, -0.15) is 0 Å². The molecule has 2 aliphatic carbocycles. The molecule has 0 spiro atoms. The fourth-order valence-corrected chi connectivity index (χ4v) is 6.23. The van der Waals surface area contributed by atoms with E-state index in [2.05, 4.69) is 35.2 Å². The molecular formula is C32H33ClN2O3. The van der Waals surface area contributed by atoms with Gasteiger partial charge < -0.3 is 14.9 Å². The van der Waals surface area contributed by atoms with Crippen LogP contribution in [0, 0.1) is 17.8 Å². The Morgan fingerprint density at radius 1 is 0.947 bits per heavy atom. The average molecular weight is 529 g/mol. The standard InChI is InChI=1S/C32H33ClN2O3/c1-34(2)27-13-11-23(12-14-27)24-9-10-26(30(33)19-24)20-35(32(38)29-18-22-6-8-25(29)16-22)28-5-3-4-21(17-28)7-15-31(36)37/h3-5,7,9-15,17,19,22,25,29H,6,8,16,18,20H2,1-2H3,(H,36,37)/b15-7+/t22-,25+,29-/m1/s1. The predicted octanol–water partition coefficient (Wildman–Crippen LogP) is 7.14. The number of carbonyl (C=O) groups is 2. The van der Waals surface area contributed by atoms with E-state index in [-0.39, 0.29) is 11.8 Å². The molecule has 0 saturated heterocycles.